The fourth-order valence-electron chi connectivity index (χ4n) is 2.98. The van der Waals surface area contributed by atoms with Crippen LogP contribution in [0.2, 0.25) is 0 Å². The molecule has 20 heavy (non-hydrogen) atoms. The second-order valence-corrected chi connectivity index (χ2v) is 5.76. The topological polar surface area (TPSA) is 72.4 Å². The SMILES string of the molecule is CC(C)n1c(=O)oc2ccc(C3(C(=O)O)CCC3)cc21. The Morgan fingerprint density at radius 2 is 2.10 bits per heavy atom. The second kappa shape index (κ2) is 4.23. The average molecular weight is 275 g/mol. The van der Waals surface area contributed by atoms with E-state index in [1.54, 1.807) is 22.8 Å². The number of oxazole rings is 1. The van der Waals surface area contributed by atoms with Crippen molar-refractivity contribution in [2.24, 2.45) is 0 Å². The van der Waals surface area contributed by atoms with E-state index in [1.165, 1.54) is 0 Å². The third kappa shape index (κ3) is 1.62. The van der Waals surface area contributed by atoms with Gasteiger partial charge in [0, 0.05) is 6.04 Å². The van der Waals surface area contributed by atoms with E-state index in [-0.39, 0.29) is 6.04 Å². The zero-order chi connectivity index (χ0) is 14.5. The zero-order valence-electron chi connectivity index (χ0n) is 11.5. The van der Waals surface area contributed by atoms with E-state index in [9.17, 15) is 14.7 Å². The maximum atomic E-state index is 11.8. The minimum atomic E-state index is -0.788. The molecule has 0 bridgehead atoms. The first kappa shape index (κ1) is 13.0. The minimum Gasteiger partial charge on any atom is -0.481 e. The molecule has 0 saturated heterocycles. The monoisotopic (exact) mass is 275 g/mol. The van der Waals surface area contributed by atoms with Crippen molar-refractivity contribution in [2.45, 2.75) is 44.6 Å². The van der Waals surface area contributed by atoms with Gasteiger partial charge >= 0.3 is 11.7 Å². The van der Waals surface area contributed by atoms with Crippen LogP contribution in [0.1, 0.15) is 44.7 Å². The number of aromatic nitrogens is 1. The third-order valence-corrected chi connectivity index (χ3v) is 4.30. The first-order valence-electron chi connectivity index (χ1n) is 6.85. The Morgan fingerprint density at radius 3 is 2.60 bits per heavy atom. The standard InChI is InChI=1S/C15H17NO4/c1-9(2)16-11-8-10(4-5-12(11)20-14(16)19)15(13(17)18)6-3-7-15/h4-5,8-9H,3,6-7H2,1-2H3,(H,17,18). The lowest BCUT2D eigenvalue weighted by atomic mass is 9.64. The van der Waals surface area contributed by atoms with Gasteiger partial charge in [0.05, 0.1) is 10.9 Å². The Morgan fingerprint density at radius 1 is 1.40 bits per heavy atom. The summed E-state index contributed by atoms with van der Waals surface area (Å²) in [6.07, 6.45) is 2.22. The summed E-state index contributed by atoms with van der Waals surface area (Å²) in [6, 6.07) is 5.24. The largest absolute Gasteiger partial charge is 0.481 e. The number of nitrogens with zero attached hydrogens (tertiary/aromatic N) is 1. The number of hydrogen-bond acceptors (Lipinski definition) is 3. The van der Waals surface area contributed by atoms with Gasteiger partial charge in [-0.05, 0) is 44.4 Å². The van der Waals surface area contributed by atoms with E-state index in [0.717, 1.165) is 12.0 Å². The van der Waals surface area contributed by atoms with E-state index in [1.807, 2.05) is 13.8 Å². The van der Waals surface area contributed by atoms with Gasteiger partial charge in [0.15, 0.2) is 5.58 Å². The molecule has 1 aromatic heterocycles. The van der Waals surface area contributed by atoms with E-state index in [2.05, 4.69) is 0 Å². The molecule has 1 N–H and O–H groups in total. The van der Waals surface area contributed by atoms with Crippen LogP contribution in [0.5, 0.6) is 0 Å². The molecule has 1 fully saturated rings. The van der Waals surface area contributed by atoms with Crippen molar-refractivity contribution in [2.75, 3.05) is 0 Å². The molecular formula is C15H17NO4. The van der Waals surface area contributed by atoms with Crippen LogP contribution in [0.15, 0.2) is 27.4 Å². The van der Waals surface area contributed by atoms with E-state index >= 15 is 0 Å². The highest BCUT2D eigenvalue weighted by Gasteiger charge is 2.46. The number of aliphatic carboxylic acids is 1. The molecule has 0 radical (unpaired) electrons. The summed E-state index contributed by atoms with van der Waals surface area (Å²) in [7, 11) is 0. The van der Waals surface area contributed by atoms with Crippen molar-refractivity contribution in [3.8, 4) is 0 Å². The fourth-order valence-corrected chi connectivity index (χ4v) is 2.98. The lowest BCUT2D eigenvalue weighted by Crippen LogP contribution is -2.42. The minimum absolute atomic E-state index is 0.0267. The second-order valence-electron chi connectivity index (χ2n) is 5.76. The van der Waals surface area contributed by atoms with Crippen molar-refractivity contribution in [3.05, 3.63) is 34.3 Å². The quantitative estimate of drug-likeness (QED) is 0.934. The van der Waals surface area contributed by atoms with E-state index in [0.29, 0.717) is 23.9 Å². The average Bonchev–Trinajstić information content (AvgIpc) is 2.62. The number of benzene rings is 1. The highest BCUT2D eigenvalue weighted by atomic mass is 16.4. The number of rotatable bonds is 3. The Balaban J connectivity index is 2.22. The molecule has 0 unspecified atom stereocenters. The molecule has 1 saturated carbocycles. The van der Waals surface area contributed by atoms with Gasteiger partial charge in [-0.25, -0.2) is 4.79 Å². The van der Waals surface area contributed by atoms with Gasteiger partial charge < -0.3 is 9.52 Å². The summed E-state index contributed by atoms with van der Waals surface area (Å²) in [5.41, 5.74) is 1.16. The van der Waals surface area contributed by atoms with Crippen LogP contribution in [0.4, 0.5) is 0 Å². The summed E-state index contributed by atoms with van der Waals surface area (Å²) in [6.45, 7) is 3.80. The van der Waals surface area contributed by atoms with Gasteiger partial charge in [-0.2, -0.15) is 0 Å². The first-order valence-corrected chi connectivity index (χ1v) is 6.85. The number of carboxylic acids is 1. The van der Waals surface area contributed by atoms with Gasteiger partial charge in [0.1, 0.15) is 0 Å². The molecule has 1 heterocycles. The van der Waals surface area contributed by atoms with E-state index < -0.39 is 17.1 Å². The van der Waals surface area contributed by atoms with Crippen LogP contribution < -0.4 is 5.76 Å². The molecule has 1 aromatic carbocycles. The normalized spacial score (nSPS) is 17.4. The summed E-state index contributed by atoms with van der Waals surface area (Å²) in [4.78, 5) is 23.4. The van der Waals surface area contributed by atoms with Crippen LogP contribution >= 0.6 is 0 Å². The molecular weight excluding hydrogens is 258 g/mol. The van der Waals surface area contributed by atoms with Gasteiger partial charge in [-0.15, -0.1) is 0 Å². The highest BCUT2D eigenvalue weighted by Crippen LogP contribution is 2.44. The molecule has 106 valence electrons. The Hall–Kier alpha value is -2.04. The third-order valence-electron chi connectivity index (χ3n) is 4.30. The van der Waals surface area contributed by atoms with Gasteiger partial charge in [0.25, 0.3) is 0 Å². The van der Waals surface area contributed by atoms with Crippen LogP contribution in [0.3, 0.4) is 0 Å². The molecule has 2 aromatic rings. The summed E-state index contributed by atoms with van der Waals surface area (Å²) < 4.78 is 6.76. The molecule has 1 aliphatic carbocycles. The van der Waals surface area contributed by atoms with Crippen LogP contribution in [-0.2, 0) is 10.2 Å². The lowest BCUT2D eigenvalue weighted by Gasteiger charge is -2.38. The van der Waals surface area contributed by atoms with Gasteiger partial charge in [-0.1, -0.05) is 12.5 Å². The highest BCUT2D eigenvalue weighted by molar-refractivity contribution is 5.85. The lowest BCUT2D eigenvalue weighted by molar-refractivity contribution is -0.147. The number of hydrogen-bond donors (Lipinski definition) is 1. The van der Waals surface area contributed by atoms with E-state index in [4.69, 9.17) is 4.42 Å². The summed E-state index contributed by atoms with van der Waals surface area (Å²) >= 11 is 0. The summed E-state index contributed by atoms with van der Waals surface area (Å²) in [5.74, 6) is -1.19. The number of fused-ring (bicyclic) bond motifs is 1. The predicted molar refractivity (Wildman–Crippen MR) is 74.0 cm³/mol. The Labute approximate surface area is 115 Å². The van der Waals surface area contributed by atoms with Crippen molar-refractivity contribution in [3.63, 3.8) is 0 Å². The zero-order valence-corrected chi connectivity index (χ0v) is 11.5. The van der Waals surface area contributed by atoms with Crippen molar-refractivity contribution in [1.82, 2.24) is 4.57 Å². The number of carboxylic acid groups (broad SMARTS) is 1. The van der Waals surface area contributed by atoms with Crippen LogP contribution in [-0.4, -0.2) is 15.6 Å². The molecule has 3 rings (SSSR count). The van der Waals surface area contributed by atoms with Gasteiger partial charge in [-0.3, -0.25) is 9.36 Å². The maximum Gasteiger partial charge on any atom is 0.420 e. The fraction of sp³-hybridized carbons (Fsp3) is 0.467. The Bertz CT molecular complexity index is 734. The molecule has 0 atom stereocenters. The van der Waals surface area contributed by atoms with Gasteiger partial charge in [0.2, 0.25) is 0 Å². The summed E-state index contributed by atoms with van der Waals surface area (Å²) in [5, 5.41) is 9.50. The molecule has 1 aliphatic rings. The Kier molecular flexibility index (Phi) is 2.74. The van der Waals surface area contributed by atoms with Crippen molar-refractivity contribution < 1.29 is 14.3 Å². The van der Waals surface area contributed by atoms with Crippen molar-refractivity contribution >= 4 is 17.1 Å². The molecule has 5 nitrogen and oxygen atoms in total. The molecule has 0 aliphatic heterocycles. The van der Waals surface area contributed by atoms with Crippen LogP contribution in [0, 0.1) is 0 Å². The van der Waals surface area contributed by atoms with Crippen LogP contribution in [0.25, 0.3) is 11.1 Å². The maximum absolute atomic E-state index is 11.8. The predicted octanol–water partition coefficient (Wildman–Crippen LogP) is 2.68. The molecule has 0 spiro atoms. The molecule has 5 heteroatoms. The number of carbonyl (C=O) groups is 1. The molecule has 0 amide bonds. The van der Waals surface area contributed by atoms with Crippen molar-refractivity contribution in [1.29, 1.82) is 0 Å². The first-order chi connectivity index (χ1) is 9.45. The smallest absolute Gasteiger partial charge is 0.420 e.